The Balaban J connectivity index is 1.88. The highest BCUT2D eigenvalue weighted by molar-refractivity contribution is 5.77. The molecule has 98 valence electrons. The Morgan fingerprint density at radius 2 is 2.06 bits per heavy atom. The standard InChI is InChI=1S/C14H19FN2O/c1-10(11-3-5-12(15)6-4-11)17(2)9-14(18)16-13-7-8-13/h3-6,10,13H,7-9H2,1-2H3,(H,16,18)/p+1/t10-/m0/s1. The number of benzene rings is 1. The number of quaternary nitrogens is 1. The predicted molar refractivity (Wildman–Crippen MR) is 67.7 cm³/mol. The average molecular weight is 251 g/mol. The number of amides is 1. The number of carbonyl (C=O) groups is 1. The molecule has 0 aliphatic heterocycles. The van der Waals surface area contributed by atoms with Gasteiger partial charge < -0.3 is 10.2 Å². The van der Waals surface area contributed by atoms with Gasteiger partial charge >= 0.3 is 0 Å². The molecule has 0 radical (unpaired) electrons. The van der Waals surface area contributed by atoms with Crippen LogP contribution in [0.5, 0.6) is 0 Å². The molecule has 1 saturated carbocycles. The quantitative estimate of drug-likeness (QED) is 0.793. The van der Waals surface area contributed by atoms with Crippen molar-refractivity contribution < 1.29 is 14.1 Å². The molecule has 2 rings (SSSR count). The van der Waals surface area contributed by atoms with Crippen LogP contribution in [0.1, 0.15) is 31.4 Å². The van der Waals surface area contributed by atoms with Crippen molar-refractivity contribution in [2.24, 2.45) is 0 Å². The van der Waals surface area contributed by atoms with Gasteiger partial charge in [-0.2, -0.15) is 0 Å². The van der Waals surface area contributed by atoms with Crippen LogP contribution < -0.4 is 10.2 Å². The Bertz CT molecular complexity index is 414. The third-order valence-corrected chi connectivity index (χ3v) is 3.49. The third kappa shape index (κ3) is 3.53. The number of hydrogen-bond donors (Lipinski definition) is 2. The number of hydrogen-bond acceptors (Lipinski definition) is 1. The van der Waals surface area contributed by atoms with E-state index in [-0.39, 0.29) is 17.8 Å². The van der Waals surface area contributed by atoms with Gasteiger partial charge in [-0.05, 0) is 31.9 Å². The van der Waals surface area contributed by atoms with Crippen molar-refractivity contribution in [1.29, 1.82) is 0 Å². The maximum absolute atomic E-state index is 12.8. The molecule has 0 saturated heterocycles. The van der Waals surface area contributed by atoms with E-state index >= 15 is 0 Å². The van der Waals surface area contributed by atoms with Gasteiger partial charge in [-0.1, -0.05) is 12.1 Å². The highest BCUT2D eigenvalue weighted by Gasteiger charge is 2.25. The highest BCUT2D eigenvalue weighted by Crippen LogP contribution is 2.18. The summed E-state index contributed by atoms with van der Waals surface area (Å²) in [5, 5.41) is 2.98. The van der Waals surface area contributed by atoms with Crippen LogP contribution in [0.15, 0.2) is 24.3 Å². The zero-order chi connectivity index (χ0) is 13.1. The van der Waals surface area contributed by atoms with E-state index < -0.39 is 0 Å². The molecule has 0 bridgehead atoms. The van der Waals surface area contributed by atoms with E-state index in [1.165, 1.54) is 12.1 Å². The summed E-state index contributed by atoms with van der Waals surface area (Å²) in [6, 6.07) is 7.07. The highest BCUT2D eigenvalue weighted by atomic mass is 19.1. The molecule has 18 heavy (non-hydrogen) atoms. The van der Waals surface area contributed by atoms with Crippen LogP contribution in [0.2, 0.25) is 0 Å². The fraction of sp³-hybridized carbons (Fsp3) is 0.500. The van der Waals surface area contributed by atoms with E-state index in [2.05, 4.69) is 5.32 Å². The van der Waals surface area contributed by atoms with Crippen LogP contribution in [-0.4, -0.2) is 25.5 Å². The summed E-state index contributed by atoms with van der Waals surface area (Å²) >= 11 is 0. The van der Waals surface area contributed by atoms with Crippen molar-refractivity contribution >= 4 is 5.91 Å². The molecule has 1 unspecified atom stereocenters. The molecule has 1 aromatic carbocycles. The molecular weight excluding hydrogens is 231 g/mol. The normalized spacial score (nSPS) is 18.2. The molecule has 1 aromatic rings. The second-order valence-electron chi connectivity index (χ2n) is 5.14. The van der Waals surface area contributed by atoms with E-state index in [0.717, 1.165) is 23.3 Å². The molecule has 4 heteroatoms. The van der Waals surface area contributed by atoms with Crippen LogP contribution in [0, 0.1) is 5.82 Å². The largest absolute Gasteiger partial charge is 0.348 e. The smallest absolute Gasteiger partial charge is 0.275 e. The summed E-state index contributed by atoms with van der Waals surface area (Å²) in [6.45, 7) is 2.50. The van der Waals surface area contributed by atoms with Gasteiger partial charge in [0.1, 0.15) is 11.9 Å². The van der Waals surface area contributed by atoms with E-state index in [1.807, 2.05) is 14.0 Å². The zero-order valence-corrected chi connectivity index (χ0v) is 10.9. The van der Waals surface area contributed by atoms with Crippen LogP contribution in [0.4, 0.5) is 4.39 Å². The maximum atomic E-state index is 12.8. The topological polar surface area (TPSA) is 33.5 Å². The minimum Gasteiger partial charge on any atom is -0.348 e. The Morgan fingerprint density at radius 3 is 2.61 bits per heavy atom. The first-order chi connectivity index (χ1) is 8.56. The summed E-state index contributed by atoms with van der Waals surface area (Å²) in [5.74, 6) is -0.126. The fourth-order valence-electron chi connectivity index (χ4n) is 1.95. The molecule has 0 spiro atoms. The van der Waals surface area contributed by atoms with Gasteiger partial charge in [0, 0.05) is 11.6 Å². The van der Waals surface area contributed by atoms with Crippen molar-refractivity contribution in [1.82, 2.24) is 5.32 Å². The minimum atomic E-state index is -0.227. The molecule has 3 nitrogen and oxygen atoms in total. The molecule has 0 heterocycles. The second kappa shape index (κ2) is 5.48. The minimum absolute atomic E-state index is 0.101. The summed E-state index contributed by atoms with van der Waals surface area (Å²) in [7, 11) is 1.99. The van der Waals surface area contributed by atoms with Gasteiger partial charge in [-0.3, -0.25) is 4.79 Å². The lowest BCUT2D eigenvalue weighted by Gasteiger charge is -2.21. The van der Waals surface area contributed by atoms with Crippen LogP contribution in [0.3, 0.4) is 0 Å². The number of nitrogens with one attached hydrogen (secondary N) is 2. The van der Waals surface area contributed by atoms with Gasteiger partial charge in [0.05, 0.1) is 7.05 Å². The molecule has 2 atom stereocenters. The Kier molecular flexibility index (Phi) is 3.97. The number of likely N-dealkylation sites (N-methyl/N-ethyl adjacent to an activating group) is 1. The average Bonchev–Trinajstić information content (AvgIpc) is 3.12. The number of carbonyl (C=O) groups excluding carboxylic acids is 1. The molecule has 1 aliphatic carbocycles. The van der Waals surface area contributed by atoms with Crippen LogP contribution in [-0.2, 0) is 4.79 Å². The monoisotopic (exact) mass is 251 g/mol. The lowest BCUT2D eigenvalue weighted by atomic mass is 10.1. The molecule has 0 aromatic heterocycles. The molecule has 1 amide bonds. The van der Waals surface area contributed by atoms with Crippen molar-refractivity contribution in [2.45, 2.75) is 31.8 Å². The third-order valence-electron chi connectivity index (χ3n) is 3.49. The van der Waals surface area contributed by atoms with Gasteiger partial charge in [-0.25, -0.2) is 4.39 Å². The Hall–Kier alpha value is -1.42. The molecule has 1 aliphatic rings. The van der Waals surface area contributed by atoms with E-state index in [0.29, 0.717) is 12.6 Å². The number of rotatable bonds is 5. The SMILES string of the molecule is C[C@@H](c1ccc(F)cc1)[NH+](C)CC(=O)NC1CC1. The maximum Gasteiger partial charge on any atom is 0.275 e. The first-order valence-corrected chi connectivity index (χ1v) is 6.43. The lowest BCUT2D eigenvalue weighted by Crippen LogP contribution is -3.10. The van der Waals surface area contributed by atoms with Gasteiger partial charge in [0.15, 0.2) is 6.54 Å². The van der Waals surface area contributed by atoms with E-state index in [4.69, 9.17) is 0 Å². The Morgan fingerprint density at radius 1 is 1.44 bits per heavy atom. The fourth-order valence-corrected chi connectivity index (χ4v) is 1.95. The van der Waals surface area contributed by atoms with E-state index in [9.17, 15) is 9.18 Å². The van der Waals surface area contributed by atoms with E-state index in [1.54, 1.807) is 12.1 Å². The van der Waals surface area contributed by atoms with Crippen molar-refractivity contribution in [2.75, 3.05) is 13.6 Å². The summed E-state index contributed by atoms with van der Waals surface area (Å²) in [6.07, 6.45) is 2.22. The molecular formula is C14H20FN2O+. The first-order valence-electron chi connectivity index (χ1n) is 6.43. The number of halogens is 1. The summed E-state index contributed by atoms with van der Waals surface area (Å²) in [5.41, 5.74) is 1.05. The van der Waals surface area contributed by atoms with Gasteiger partial charge in [0.2, 0.25) is 0 Å². The molecule has 1 fully saturated rings. The lowest BCUT2D eigenvalue weighted by molar-refractivity contribution is -0.902. The van der Waals surface area contributed by atoms with Crippen molar-refractivity contribution in [3.8, 4) is 0 Å². The van der Waals surface area contributed by atoms with Gasteiger partial charge in [0.25, 0.3) is 5.91 Å². The zero-order valence-electron chi connectivity index (χ0n) is 10.9. The van der Waals surface area contributed by atoms with Crippen molar-refractivity contribution in [3.63, 3.8) is 0 Å². The van der Waals surface area contributed by atoms with Crippen LogP contribution >= 0.6 is 0 Å². The first kappa shape index (κ1) is 13.0. The van der Waals surface area contributed by atoms with Gasteiger partial charge in [-0.15, -0.1) is 0 Å². The summed E-state index contributed by atoms with van der Waals surface area (Å²) < 4.78 is 12.8. The Labute approximate surface area is 107 Å². The van der Waals surface area contributed by atoms with Crippen LogP contribution in [0.25, 0.3) is 0 Å². The second-order valence-corrected chi connectivity index (χ2v) is 5.14. The predicted octanol–water partition coefficient (Wildman–Crippen LogP) is 0.680. The van der Waals surface area contributed by atoms with Crippen molar-refractivity contribution in [3.05, 3.63) is 35.6 Å². The summed E-state index contributed by atoms with van der Waals surface area (Å²) in [4.78, 5) is 12.8. The molecule has 2 N–H and O–H groups in total.